The Bertz CT molecular complexity index is 1040. The Kier molecular flexibility index (Phi) is 6.98. The van der Waals surface area contributed by atoms with Crippen LogP contribution in [0.2, 0.25) is 0 Å². The van der Waals surface area contributed by atoms with Crippen LogP contribution in [0.1, 0.15) is 52.7 Å². The number of hydrogen-bond acceptors (Lipinski definition) is 3. The normalized spacial score (nSPS) is 14.2. The van der Waals surface area contributed by atoms with Gasteiger partial charge in [-0.25, -0.2) is 8.42 Å². The van der Waals surface area contributed by atoms with E-state index in [-0.39, 0.29) is 12.5 Å². The van der Waals surface area contributed by atoms with Crippen molar-refractivity contribution in [2.75, 3.05) is 17.1 Å². The van der Waals surface area contributed by atoms with Crippen LogP contribution in [-0.2, 0) is 16.6 Å². The van der Waals surface area contributed by atoms with Crippen LogP contribution in [0.4, 0.5) is 5.69 Å². The lowest BCUT2D eigenvalue weighted by Gasteiger charge is -2.25. The van der Waals surface area contributed by atoms with Crippen LogP contribution in [0.5, 0.6) is 0 Å². The van der Waals surface area contributed by atoms with E-state index in [2.05, 4.69) is 11.4 Å². The highest BCUT2D eigenvalue weighted by Gasteiger charge is 2.20. The molecule has 1 amide bonds. The minimum atomic E-state index is -3.46. The highest BCUT2D eigenvalue weighted by atomic mass is 32.2. The number of carbonyl (C=O) groups excluding carboxylic acids is 1. The van der Waals surface area contributed by atoms with Gasteiger partial charge in [0.2, 0.25) is 10.0 Å². The van der Waals surface area contributed by atoms with Gasteiger partial charge in [-0.1, -0.05) is 35.9 Å². The number of anilines is 1. The number of amides is 1. The van der Waals surface area contributed by atoms with E-state index in [0.29, 0.717) is 17.8 Å². The first kappa shape index (κ1) is 22.1. The summed E-state index contributed by atoms with van der Waals surface area (Å²) in [5, 5.41) is 2.98. The molecule has 0 saturated carbocycles. The molecule has 1 aliphatic carbocycles. The van der Waals surface area contributed by atoms with Crippen molar-refractivity contribution in [2.24, 2.45) is 0 Å². The number of hydrogen-bond donors (Lipinski definition) is 1. The van der Waals surface area contributed by atoms with E-state index in [1.165, 1.54) is 29.0 Å². The summed E-state index contributed by atoms with van der Waals surface area (Å²) in [5.41, 5.74) is 5.36. The molecule has 3 rings (SSSR count). The van der Waals surface area contributed by atoms with Crippen molar-refractivity contribution in [2.45, 2.75) is 46.1 Å². The van der Waals surface area contributed by atoms with Crippen molar-refractivity contribution in [3.05, 3.63) is 76.4 Å². The number of rotatable bonds is 7. The van der Waals surface area contributed by atoms with Gasteiger partial charge in [-0.2, -0.15) is 0 Å². The molecule has 0 aromatic heterocycles. The van der Waals surface area contributed by atoms with Crippen LogP contribution in [0.3, 0.4) is 0 Å². The van der Waals surface area contributed by atoms with Crippen molar-refractivity contribution >= 4 is 21.6 Å². The number of sulfonamides is 1. The smallest absolute Gasteiger partial charge is 0.251 e. The van der Waals surface area contributed by atoms with Gasteiger partial charge in [0, 0.05) is 12.1 Å². The molecule has 5 nitrogen and oxygen atoms in total. The molecular weight excluding hydrogens is 396 g/mol. The van der Waals surface area contributed by atoms with E-state index in [4.69, 9.17) is 0 Å². The molecule has 0 fully saturated rings. The predicted octanol–water partition coefficient (Wildman–Crippen LogP) is 4.50. The van der Waals surface area contributed by atoms with Crippen LogP contribution >= 0.6 is 0 Å². The summed E-state index contributed by atoms with van der Waals surface area (Å²) in [6.07, 6.45) is 8.01. The molecule has 0 unspecified atom stereocenters. The van der Waals surface area contributed by atoms with Gasteiger partial charge in [-0.05, 0) is 74.4 Å². The van der Waals surface area contributed by atoms with Crippen LogP contribution in [0.25, 0.3) is 0 Å². The largest absolute Gasteiger partial charge is 0.348 e. The summed E-state index contributed by atoms with van der Waals surface area (Å²) in [6, 6.07) is 12.8. The maximum Gasteiger partial charge on any atom is 0.251 e. The predicted molar refractivity (Wildman–Crippen MR) is 122 cm³/mol. The van der Waals surface area contributed by atoms with E-state index < -0.39 is 10.0 Å². The van der Waals surface area contributed by atoms with Crippen LogP contribution in [0, 0.1) is 13.8 Å². The molecule has 0 radical (unpaired) electrons. The maximum atomic E-state index is 12.5. The summed E-state index contributed by atoms with van der Waals surface area (Å²) >= 11 is 0. The van der Waals surface area contributed by atoms with Gasteiger partial charge in [0.15, 0.2) is 0 Å². The Morgan fingerprint density at radius 3 is 2.43 bits per heavy atom. The fraction of sp³-hybridized carbons (Fsp3) is 0.375. The average Bonchev–Trinajstić information content (AvgIpc) is 2.73. The molecule has 0 atom stereocenters. The first-order valence-electron chi connectivity index (χ1n) is 10.3. The van der Waals surface area contributed by atoms with E-state index in [0.717, 1.165) is 29.5 Å². The van der Waals surface area contributed by atoms with E-state index in [1.54, 1.807) is 12.1 Å². The molecule has 1 aliphatic rings. The van der Waals surface area contributed by atoms with Crippen molar-refractivity contribution in [3.63, 3.8) is 0 Å². The zero-order valence-electron chi connectivity index (χ0n) is 17.9. The lowest BCUT2D eigenvalue weighted by Crippen LogP contribution is -2.30. The number of nitrogens with zero attached hydrogens (tertiary/aromatic N) is 1. The number of allylic oxidation sites excluding steroid dienone is 1. The second kappa shape index (κ2) is 9.47. The minimum absolute atomic E-state index is 0.109. The van der Waals surface area contributed by atoms with Gasteiger partial charge in [-0.3, -0.25) is 9.10 Å². The maximum absolute atomic E-state index is 12.5. The van der Waals surface area contributed by atoms with Gasteiger partial charge < -0.3 is 5.32 Å². The van der Waals surface area contributed by atoms with Crippen molar-refractivity contribution < 1.29 is 13.2 Å². The highest BCUT2D eigenvalue weighted by Crippen LogP contribution is 2.27. The summed E-state index contributed by atoms with van der Waals surface area (Å²) in [6.45, 7) is 4.71. The van der Waals surface area contributed by atoms with Crippen LogP contribution in [0.15, 0.2) is 54.1 Å². The van der Waals surface area contributed by atoms with Gasteiger partial charge in [0.05, 0.1) is 18.5 Å². The minimum Gasteiger partial charge on any atom is -0.348 e. The first-order valence-corrected chi connectivity index (χ1v) is 12.2. The molecule has 160 valence electrons. The van der Waals surface area contributed by atoms with Gasteiger partial charge in [-0.15, -0.1) is 0 Å². The molecule has 0 saturated heterocycles. The topological polar surface area (TPSA) is 66.5 Å². The fourth-order valence-corrected chi connectivity index (χ4v) is 4.61. The standard InChI is InChI=1S/C24H30N2O3S/c1-18-8-7-11-23(19(18)2)26(30(3,28)29)17-21-12-14-22(15-13-21)24(27)25-16-20-9-5-4-6-10-20/h7-9,11-15H,4-6,10,16-17H2,1-3H3,(H,25,27). The van der Waals surface area contributed by atoms with E-state index >= 15 is 0 Å². The molecular formula is C24H30N2O3S. The summed E-state index contributed by atoms with van der Waals surface area (Å²) in [5.74, 6) is -0.109. The second-order valence-corrected chi connectivity index (χ2v) is 9.88. The number of carbonyl (C=O) groups is 1. The molecule has 30 heavy (non-hydrogen) atoms. The third-order valence-electron chi connectivity index (χ3n) is 5.65. The Morgan fingerprint density at radius 1 is 1.07 bits per heavy atom. The SMILES string of the molecule is Cc1cccc(N(Cc2ccc(C(=O)NCC3=CCCCC3)cc2)S(C)(=O)=O)c1C. The Hall–Kier alpha value is -2.60. The zero-order valence-corrected chi connectivity index (χ0v) is 18.8. The zero-order chi connectivity index (χ0) is 21.7. The summed E-state index contributed by atoms with van der Waals surface area (Å²) in [4.78, 5) is 12.4. The third kappa shape index (κ3) is 5.51. The van der Waals surface area contributed by atoms with Gasteiger partial charge >= 0.3 is 0 Å². The van der Waals surface area contributed by atoms with Crippen molar-refractivity contribution in [3.8, 4) is 0 Å². The number of aryl methyl sites for hydroxylation is 1. The molecule has 0 heterocycles. The lowest BCUT2D eigenvalue weighted by molar-refractivity contribution is 0.0956. The Morgan fingerprint density at radius 2 is 1.80 bits per heavy atom. The van der Waals surface area contributed by atoms with E-state index in [1.807, 2.05) is 44.2 Å². The molecule has 2 aromatic rings. The van der Waals surface area contributed by atoms with Crippen LogP contribution < -0.4 is 9.62 Å². The number of nitrogens with one attached hydrogen (secondary N) is 1. The number of benzene rings is 2. The molecule has 6 heteroatoms. The van der Waals surface area contributed by atoms with E-state index in [9.17, 15) is 13.2 Å². The summed E-state index contributed by atoms with van der Waals surface area (Å²) < 4.78 is 26.4. The first-order chi connectivity index (χ1) is 14.3. The Balaban J connectivity index is 1.72. The molecule has 2 aromatic carbocycles. The van der Waals surface area contributed by atoms with Crippen molar-refractivity contribution in [1.29, 1.82) is 0 Å². The monoisotopic (exact) mass is 426 g/mol. The summed E-state index contributed by atoms with van der Waals surface area (Å²) in [7, 11) is -3.46. The van der Waals surface area contributed by atoms with Gasteiger partial charge in [0.25, 0.3) is 5.91 Å². The molecule has 0 bridgehead atoms. The molecule has 0 aliphatic heterocycles. The van der Waals surface area contributed by atoms with Gasteiger partial charge in [0.1, 0.15) is 0 Å². The fourth-order valence-electron chi connectivity index (χ4n) is 3.68. The second-order valence-electron chi connectivity index (χ2n) is 7.98. The lowest BCUT2D eigenvalue weighted by atomic mass is 9.99. The molecule has 0 spiro atoms. The highest BCUT2D eigenvalue weighted by molar-refractivity contribution is 7.92. The van der Waals surface area contributed by atoms with Crippen LogP contribution in [-0.4, -0.2) is 27.1 Å². The van der Waals surface area contributed by atoms with Crippen molar-refractivity contribution in [1.82, 2.24) is 5.32 Å². The average molecular weight is 427 g/mol. The third-order valence-corrected chi connectivity index (χ3v) is 6.77. The quantitative estimate of drug-likeness (QED) is 0.663. The molecule has 1 N–H and O–H groups in total. The Labute approximate surface area is 179 Å².